The Hall–Kier alpha value is -3.51. The molecule has 1 aromatic rings. The summed E-state index contributed by atoms with van der Waals surface area (Å²) < 4.78 is 9.68. The number of nitrogens with zero attached hydrogens (tertiary/aromatic N) is 1. The van der Waals surface area contributed by atoms with Crippen LogP contribution in [0.15, 0.2) is 30.3 Å². The molecule has 0 bridgehead atoms. The van der Waals surface area contributed by atoms with Crippen molar-refractivity contribution in [3.05, 3.63) is 35.9 Å². The summed E-state index contributed by atoms with van der Waals surface area (Å²) in [5.74, 6) is -3.53. The number of methoxy groups -OCH3 is 1. The smallest absolute Gasteiger partial charge is 0.329 e. The standard InChI is InChI=1S/C22H30N4O8/c1-33-11-18(27)24-15-7-8-26(19(28)12-34-13-20(29)30)17(10-15)22(32)25-16(21(23)31)9-14-5-3-2-4-6-14/h2-6,15-17H,7-13H2,1H3,(H2,23,31)(H,24,27)(H,25,32)(H,29,30)/t15-,16-,17+/m1/s1. The van der Waals surface area contributed by atoms with E-state index < -0.39 is 55.0 Å². The summed E-state index contributed by atoms with van der Waals surface area (Å²) in [5, 5.41) is 14.1. The number of carbonyl (C=O) groups excluding carboxylic acids is 4. The van der Waals surface area contributed by atoms with Crippen LogP contribution in [0.25, 0.3) is 0 Å². The fraction of sp³-hybridized carbons (Fsp3) is 0.500. The van der Waals surface area contributed by atoms with E-state index in [0.29, 0.717) is 6.42 Å². The van der Waals surface area contributed by atoms with Crippen molar-refractivity contribution in [2.75, 3.05) is 33.5 Å². The number of aliphatic carboxylic acids is 1. The molecule has 0 unspecified atom stereocenters. The largest absolute Gasteiger partial charge is 0.480 e. The van der Waals surface area contributed by atoms with Crippen LogP contribution in [0.4, 0.5) is 0 Å². The Balaban J connectivity index is 2.14. The van der Waals surface area contributed by atoms with Gasteiger partial charge in [0.1, 0.15) is 31.9 Å². The molecule has 1 aromatic carbocycles. The van der Waals surface area contributed by atoms with Gasteiger partial charge in [-0.2, -0.15) is 0 Å². The molecular formula is C22H30N4O8. The lowest BCUT2D eigenvalue weighted by Gasteiger charge is -2.39. The third kappa shape index (κ3) is 8.45. The van der Waals surface area contributed by atoms with E-state index in [-0.39, 0.29) is 31.9 Å². The topological polar surface area (TPSA) is 177 Å². The predicted molar refractivity (Wildman–Crippen MR) is 118 cm³/mol. The number of hydrogen-bond donors (Lipinski definition) is 4. The monoisotopic (exact) mass is 478 g/mol. The molecule has 1 heterocycles. The molecule has 4 amide bonds. The van der Waals surface area contributed by atoms with E-state index in [1.54, 1.807) is 24.3 Å². The maximum absolute atomic E-state index is 13.2. The van der Waals surface area contributed by atoms with Gasteiger partial charge in [-0.3, -0.25) is 19.2 Å². The van der Waals surface area contributed by atoms with Crippen LogP contribution in [0.5, 0.6) is 0 Å². The molecule has 34 heavy (non-hydrogen) atoms. The molecule has 12 heteroatoms. The number of piperidine rings is 1. The first kappa shape index (κ1) is 26.7. The molecular weight excluding hydrogens is 448 g/mol. The summed E-state index contributed by atoms with van der Waals surface area (Å²) in [6, 6.07) is 6.53. The van der Waals surface area contributed by atoms with Crippen molar-refractivity contribution in [1.29, 1.82) is 0 Å². The molecule has 0 aromatic heterocycles. The number of carboxylic acid groups (broad SMARTS) is 1. The van der Waals surface area contributed by atoms with E-state index in [2.05, 4.69) is 10.6 Å². The number of hydrogen-bond acceptors (Lipinski definition) is 7. The molecule has 1 fully saturated rings. The first-order chi connectivity index (χ1) is 16.2. The Morgan fingerprint density at radius 1 is 1.15 bits per heavy atom. The van der Waals surface area contributed by atoms with Crippen LogP contribution in [-0.4, -0.2) is 91.2 Å². The molecule has 0 radical (unpaired) electrons. The highest BCUT2D eigenvalue weighted by Crippen LogP contribution is 2.19. The fourth-order valence-corrected chi connectivity index (χ4v) is 3.69. The molecule has 12 nitrogen and oxygen atoms in total. The van der Waals surface area contributed by atoms with Crippen molar-refractivity contribution < 1.29 is 38.6 Å². The van der Waals surface area contributed by atoms with Crippen molar-refractivity contribution >= 4 is 29.6 Å². The molecule has 1 aliphatic rings. The highest BCUT2D eigenvalue weighted by Gasteiger charge is 2.38. The number of ether oxygens (including phenoxy) is 2. The van der Waals surface area contributed by atoms with Crippen molar-refractivity contribution in [2.45, 2.75) is 37.4 Å². The van der Waals surface area contributed by atoms with Crippen molar-refractivity contribution in [1.82, 2.24) is 15.5 Å². The summed E-state index contributed by atoms with van der Waals surface area (Å²) in [4.78, 5) is 61.7. The van der Waals surface area contributed by atoms with Crippen LogP contribution < -0.4 is 16.4 Å². The first-order valence-corrected chi connectivity index (χ1v) is 10.7. The number of likely N-dealkylation sites (tertiary alicyclic amines) is 1. The van der Waals surface area contributed by atoms with E-state index >= 15 is 0 Å². The van der Waals surface area contributed by atoms with E-state index in [9.17, 15) is 24.0 Å². The summed E-state index contributed by atoms with van der Waals surface area (Å²) >= 11 is 0. The summed E-state index contributed by atoms with van der Waals surface area (Å²) in [7, 11) is 1.38. The van der Waals surface area contributed by atoms with E-state index in [4.69, 9.17) is 20.3 Å². The van der Waals surface area contributed by atoms with Gasteiger partial charge in [-0.1, -0.05) is 30.3 Å². The number of rotatable bonds is 12. The number of nitrogens with two attached hydrogens (primary N) is 1. The van der Waals surface area contributed by atoms with Gasteiger partial charge in [-0.05, 0) is 18.4 Å². The third-order valence-electron chi connectivity index (χ3n) is 5.26. The molecule has 2 rings (SSSR count). The van der Waals surface area contributed by atoms with Crippen molar-refractivity contribution in [2.24, 2.45) is 5.73 Å². The zero-order valence-corrected chi connectivity index (χ0v) is 18.9. The second kappa shape index (κ2) is 13.3. The second-order valence-corrected chi connectivity index (χ2v) is 7.86. The Labute approximate surface area is 196 Å². The van der Waals surface area contributed by atoms with Gasteiger partial charge >= 0.3 is 5.97 Å². The Bertz CT molecular complexity index is 879. The number of carbonyl (C=O) groups is 5. The van der Waals surface area contributed by atoms with Gasteiger partial charge < -0.3 is 35.8 Å². The molecule has 0 saturated carbocycles. The van der Waals surface area contributed by atoms with Gasteiger partial charge in [-0.15, -0.1) is 0 Å². The summed E-state index contributed by atoms with van der Waals surface area (Å²) in [5.41, 5.74) is 6.28. The lowest BCUT2D eigenvalue weighted by Crippen LogP contribution is -2.60. The highest BCUT2D eigenvalue weighted by atomic mass is 16.5. The molecule has 0 spiro atoms. The quantitative estimate of drug-likeness (QED) is 0.278. The molecule has 1 aliphatic heterocycles. The van der Waals surface area contributed by atoms with Crippen molar-refractivity contribution in [3.8, 4) is 0 Å². The van der Waals surface area contributed by atoms with Gasteiger partial charge in [0.25, 0.3) is 0 Å². The lowest BCUT2D eigenvalue weighted by atomic mass is 9.95. The third-order valence-corrected chi connectivity index (χ3v) is 5.26. The van der Waals surface area contributed by atoms with Crippen LogP contribution in [0.2, 0.25) is 0 Å². The maximum Gasteiger partial charge on any atom is 0.329 e. The fourth-order valence-electron chi connectivity index (χ4n) is 3.69. The van der Waals surface area contributed by atoms with Crippen LogP contribution in [0.3, 0.4) is 0 Å². The first-order valence-electron chi connectivity index (χ1n) is 10.7. The van der Waals surface area contributed by atoms with E-state index in [1.165, 1.54) is 12.0 Å². The summed E-state index contributed by atoms with van der Waals surface area (Å²) in [6.07, 6.45) is 0.619. The Morgan fingerprint density at radius 2 is 1.85 bits per heavy atom. The Kier molecular flexibility index (Phi) is 10.4. The van der Waals surface area contributed by atoms with Gasteiger partial charge in [0.05, 0.1) is 0 Å². The number of nitrogens with one attached hydrogen (secondary N) is 2. The maximum atomic E-state index is 13.2. The van der Waals surface area contributed by atoms with Crippen LogP contribution in [0.1, 0.15) is 18.4 Å². The summed E-state index contributed by atoms with van der Waals surface area (Å²) in [6.45, 7) is -1.22. The molecule has 5 N–H and O–H groups in total. The number of primary amides is 1. The highest BCUT2D eigenvalue weighted by molar-refractivity contribution is 5.92. The average molecular weight is 479 g/mol. The zero-order chi connectivity index (χ0) is 25.1. The van der Waals surface area contributed by atoms with Crippen LogP contribution in [-0.2, 0) is 39.9 Å². The van der Waals surface area contributed by atoms with Crippen molar-refractivity contribution in [3.63, 3.8) is 0 Å². The zero-order valence-electron chi connectivity index (χ0n) is 18.9. The van der Waals surface area contributed by atoms with E-state index in [0.717, 1.165) is 5.56 Å². The Morgan fingerprint density at radius 3 is 2.47 bits per heavy atom. The van der Waals surface area contributed by atoms with Crippen LogP contribution in [0, 0.1) is 0 Å². The average Bonchev–Trinajstić information content (AvgIpc) is 2.79. The molecule has 0 aliphatic carbocycles. The number of benzene rings is 1. The minimum absolute atomic E-state index is 0.0861. The SMILES string of the molecule is COCC(=O)N[C@@H]1CCN(C(=O)COCC(=O)O)[C@H](C(=O)N[C@H](Cc2ccccc2)C(N)=O)C1. The van der Waals surface area contributed by atoms with Gasteiger partial charge in [0.2, 0.25) is 23.6 Å². The minimum atomic E-state index is -1.23. The van der Waals surface area contributed by atoms with Gasteiger partial charge in [-0.25, -0.2) is 4.79 Å². The molecule has 186 valence electrons. The lowest BCUT2D eigenvalue weighted by molar-refractivity contribution is -0.150. The number of carboxylic acids is 1. The second-order valence-electron chi connectivity index (χ2n) is 7.86. The van der Waals surface area contributed by atoms with E-state index in [1.807, 2.05) is 6.07 Å². The number of amides is 4. The predicted octanol–water partition coefficient (Wildman–Crippen LogP) is -1.58. The van der Waals surface area contributed by atoms with Gasteiger partial charge in [0.15, 0.2) is 0 Å². The normalized spacial score (nSPS) is 18.6. The van der Waals surface area contributed by atoms with Gasteiger partial charge in [0, 0.05) is 26.1 Å². The minimum Gasteiger partial charge on any atom is -0.480 e. The molecule has 3 atom stereocenters. The molecule has 1 saturated heterocycles. The van der Waals surface area contributed by atoms with Crippen LogP contribution >= 0.6 is 0 Å².